The molecule has 0 amide bonds. The van der Waals surface area contributed by atoms with Crippen molar-refractivity contribution < 1.29 is 5.11 Å². The van der Waals surface area contributed by atoms with Crippen LogP contribution >= 0.6 is 0 Å². The third-order valence-electron chi connectivity index (χ3n) is 7.17. The van der Waals surface area contributed by atoms with Crippen molar-refractivity contribution >= 4 is 11.9 Å². The molecule has 0 saturated heterocycles. The molecule has 2 aromatic rings. The van der Waals surface area contributed by atoms with Crippen molar-refractivity contribution in [3.05, 3.63) is 59.2 Å². The average Bonchev–Trinajstić information content (AvgIpc) is 2.94. The van der Waals surface area contributed by atoms with Gasteiger partial charge in [0.15, 0.2) is 0 Å². The van der Waals surface area contributed by atoms with Gasteiger partial charge in [-0.1, -0.05) is 82.1 Å². The van der Waals surface area contributed by atoms with Gasteiger partial charge in [-0.15, -0.1) is 0 Å². The molecular weight excluding hydrogens is 366 g/mol. The molecule has 2 aliphatic rings. The van der Waals surface area contributed by atoms with E-state index in [1.165, 1.54) is 94.6 Å². The van der Waals surface area contributed by atoms with Gasteiger partial charge in [0.05, 0.1) is 5.69 Å². The predicted molar refractivity (Wildman–Crippen MR) is 127 cm³/mol. The number of hydrogen-bond acceptors (Lipinski definition) is 2. The highest BCUT2D eigenvalue weighted by molar-refractivity contribution is 5.86. The summed E-state index contributed by atoms with van der Waals surface area (Å²) in [6.07, 6.45) is 18.9. The summed E-state index contributed by atoms with van der Waals surface area (Å²) in [5, 5.41) is 11.3. The van der Waals surface area contributed by atoms with Crippen LogP contribution in [0.3, 0.4) is 0 Å². The zero-order valence-electron chi connectivity index (χ0n) is 18.4. The van der Waals surface area contributed by atoms with Crippen molar-refractivity contribution in [3.8, 4) is 5.75 Å². The number of hydrogen-bond donors (Lipinski definition) is 1. The number of aromatic hydroxyl groups is 1. The largest absolute Gasteiger partial charge is 0.507 e. The molecule has 160 valence electrons. The van der Waals surface area contributed by atoms with Gasteiger partial charge in [-0.3, -0.25) is 4.99 Å². The molecule has 2 heteroatoms. The first-order chi connectivity index (χ1) is 14.8. The van der Waals surface area contributed by atoms with E-state index in [-0.39, 0.29) is 0 Å². The first kappa shape index (κ1) is 21.2. The summed E-state index contributed by atoms with van der Waals surface area (Å²) >= 11 is 0. The van der Waals surface area contributed by atoms with Crippen LogP contribution in [0.25, 0.3) is 0 Å². The van der Waals surface area contributed by atoms with Crippen molar-refractivity contribution in [1.82, 2.24) is 0 Å². The van der Waals surface area contributed by atoms with Crippen molar-refractivity contribution in [2.45, 2.75) is 95.3 Å². The van der Waals surface area contributed by atoms with Crippen LogP contribution in [0, 0.1) is 0 Å². The molecule has 1 N–H and O–H groups in total. The SMILES string of the molecule is Oc1c(C=Nc2ccccc2)cc(C2CCCCC2)cc1C1CCCCCCCC1. The van der Waals surface area contributed by atoms with Crippen molar-refractivity contribution in [2.24, 2.45) is 4.99 Å². The van der Waals surface area contributed by atoms with Gasteiger partial charge in [0.2, 0.25) is 0 Å². The maximum absolute atomic E-state index is 11.3. The lowest BCUT2D eigenvalue weighted by atomic mass is 9.80. The monoisotopic (exact) mass is 403 g/mol. The Kier molecular flexibility index (Phi) is 7.61. The minimum absolute atomic E-state index is 0.471. The number of nitrogens with zero attached hydrogens (tertiary/aromatic N) is 1. The van der Waals surface area contributed by atoms with Crippen LogP contribution in [0.1, 0.15) is 112 Å². The van der Waals surface area contributed by atoms with Gasteiger partial charge in [0.1, 0.15) is 5.75 Å². The van der Waals surface area contributed by atoms with Crippen LogP contribution in [-0.2, 0) is 0 Å². The number of phenolic OH excluding ortho intramolecular Hbond substituents is 1. The normalized spacial score (nSPS) is 20.0. The van der Waals surface area contributed by atoms with E-state index < -0.39 is 0 Å². The first-order valence-corrected chi connectivity index (χ1v) is 12.3. The molecule has 30 heavy (non-hydrogen) atoms. The lowest BCUT2D eigenvalue weighted by Crippen LogP contribution is -2.08. The molecule has 2 fully saturated rings. The molecular formula is C28H37NO. The van der Waals surface area contributed by atoms with Crippen LogP contribution in [-0.4, -0.2) is 11.3 Å². The summed E-state index contributed by atoms with van der Waals surface area (Å²) in [5.41, 5.74) is 4.45. The lowest BCUT2D eigenvalue weighted by Gasteiger charge is -2.25. The highest BCUT2D eigenvalue weighted by Crippen LogP contribution is 2.41. The molecule has 2 saturated carbocycles. The zero-order valence-corrected chi connectivity index (χ0v) is 18.4. The minimum atomic E-state index is 0.471. The third kappa shape index (κ3) is 5.53. The number of benzene rings is 2. The average molecular weight is 404 g/mol. The van der Waals surface area contributed by atoms with Gasteiger partial charge in [-0.25, -0.2) is 0 Å². The fourth-order valence-electron chi connectivity index (χ4n) is 5.39. The lowest BCUT2D eigenvalue weighted by molar-refractivity contribution is 0.433. The summed E-state index contributed by atoms with van der Waals surface area (Å²) in [4.78, 5) is 4.67. The fourth-order valence-corrected chi connectivity index (χ4v) is 5.39. The standard InChI is InChI=1S/C28H37NO/c30-28-25(21-29-26-17-11-6-12-18-26)19-24(22-13-9-5-10-14-22)20-27(28)23-15-7-3-1-2-4-8-16-23/h6,11-12,17-23,30H,1-5,7-10,13-16H2. The molecule has 0 heterocycles. The van der Waals surface area contributed by atoms with E-state index in [2.05, 4.69) is 17.1 Å². The molecule has 0 unspecified atom stereocenters. The summed E-state index contributed by atoms with van der Waals surface area (Å²) in [5.74, 6) is 1.59. The molecule has 2 nitrogen and oxygen atoms in total. The highest BCUT2D eigenvalue weighted by Gasteiger charge is 2.23. The van der Waals surface area contributed by atoms with Crippen LogP contribution in [0.5, 0.6) is 5.75 Å². The van der Waals surface area contributed by atoms with E-state index in [1.54, 1.807) is 0 Å². The summed E-state index contributed by atoms with van der Waals surface area (Å²) < 4.78 is 0. The Morgan fingerprint density at radius 3 is 1.93 bits per heavy atom. The van der Waals surface area contributed by atoms with E-state index in [9.17, 15) is 5.11 Å². The van der Waals surface area contributed by atoms with E-state index >= 15 is 0 Å². The van der Waals surface area contributed by atoms with E-state index in [0.717, 1.165) is 11.3 Å². The van der Waals surface area contributed by atoms with Gasteiger partial charge < -0.3 is 5.11 Å². The van der Waals surface area contributed by atoms with Crippen molar-refractivity contribution in [2.75, 3.05) is 0 Å². The second kappa shape index (κ2) is 10.8. The summed E-state index contributed by atoms with van der Waals surface area (Å²) in [6.45, 7) is 0. The Labute approximate surface area is 182 Å². The zero-order chi connectivity index (χ0) is 20.6. The fraction of sp³-hybridized carbons (Fsp3) is 0.536. The highest BCUT2D eigenvalue weighted by atomic mass is 16.3. The van der Waals surface area contributed by atoms with Crippen LogP contribution < -0.4 is 0 Å². The number of para-hydroxylation sites is 1. The van der Waals surface area contributed by atoms with Crippen molar-refractivity contribution in [3.63, 3.8) is 0 Å². The molecule has 0 spiro atoms. The van der Waals surface area contributed by atoms with Gasteiger partial charge >= 0.3 is 0 Å². The molecule has 4 rings (SSSR count). The molecule has 0 aromatic heterocycles. The van der Waals surface area contributed by atoms with E-state index in [1.807, 2.05) is 36.5 Å². The van der Waals surface area contributed by atoms with Gasteiger partial charge in [-0.2, -0.15) is 0 Å². The smallest absolute Gasteiger partial charge is 0.127 e. The maximum atomic E-state index is 11.3. The summed E-state index contributed by atoms with van der Waals surface area (Å²) in [6, 6.07) is 14.6. The molecule has 0 aliphatic heterocycles. The number of phenols is 1. The van der Waals surface area contributed by atoms with Gasteiger partial charge in [0.25, 0.3) is 0 Å². The second-order valence-electron chi connectivity index (χ2n) is 9.37. The summed E-state index contributed by atoms with van der Waals surface area (Å²) in [7, 11) is 0. The topological polar surface area (TPSA) is 32.6 Å². The molecule has 0 bridgehead atoms. The predicted octanol–water partition coefficient (Wildman–Crippen LogP) is 8.41. The van der Waals surface area contributed by atoms with Gasteiger partial charge in [-0.05, 0) is 66.8 Å². The third-order valence-corrected chi connectivity index (χ3v) is 7.17. The Morgan fingerprint density at radius 1 is 0.700 bits per heavy atom. The Balaban J connectivity index is 1.68. The molecule has 0 atom stereocenters. The van der Waals surface area contributed by atoms with Crippen LogP contribution in [0.15, 0.2) is 47.5 Å². The van der Waals surface area contributed by atoms with Crippen LogP contribution in [0.4, 0.5) is 5.69 Å². The quantitative estimate of drug-likeness (QED) is 0.511. The number of aliphatic imine (C=N–C) groups is 1. The Morgan fingerprint density at radius 2 is 1.27 bits per heavy atom. The molecule has 2 aliphatic carbocycles. The Hall–Kier alpha value is -2.09. The maximum Gasteiger partial charge on any atom is 0.127 e. The molecule has 2 aromatic carbocycles. The van der Waals surface area contributed by atoms with Crippen LogP contribution in [0.2, 0.25) is 0 Å². The van der Waals surface area contributed by atoms with Gasteiger partial charge in [0, 0.05) is 11.8 Å². The Bertz CT molecular complexity index is 810. The van der Waals surface area contributed by atoms with E-state index in [0.29, 0.717) is 17.6 Å². The minimum Gasteiger partial charge on any atom is -0.507 e. The van der Waals surface area contributed by atoms with E-state index in [4.69, 9.17) is 0 Å². The number of rotatable bonds is 4. The second-order valence-corrected chi connectivity index (χ2v) is 9.37. The molecule has 0 radical (unpaired) electrons. The van der Waals surface area contributed by atoms with Crippen molar-refractivity contribution in [1.29, 1.82) is 0 Å². The first-order valence-electron chi connectivity index (χ1n) is 12.3.